The van der Waals surface area contributed by atoms with Gasteiger partial charge in [0.25, 0.3) is 0 Å². The molecule has 1 rings (SSSR count). The summed E-state index contributed by atoms with van der Waals surface area (Å²) < 4.78 is 13.2. The Morgan fingerprint density at radius 2 is 1.91 bits per heavy atom. The third kappa shape index (κ3) is 5.87. The summed E-state index contributed by atoms with van der Waals surface area (Å²) in [6.45, 7) is 15.5. The van der Waals surface area contributed by atoms with E-state index in [0.717, 1.165) is 22.4 Å². The molecular formula is C19H22ClFN2. The Balaban J connectivity index is 3.11. The lowest BCUT2D eigenvalue weighted by Gasteiger charge is -2.10. The largest absolute Gasteiger partial charge is 0.344 e. The van der Waals surface area contributed by atoms with Crippen LogP contribution in [0.4, 0.5) is 10.1 Å². The second-order valence-corrected chi connectivity index (χ2v) is 5.81. The SMILES string of the molecule is C=CC(=C)/C(C=C(C)C)=C(\C)N=C(C)Nc1ccc(F)c(Cl)c1. The van der Waals surface area contributed by atoms with Crippen LogP contribution >= 0.6 is 11.6 Å². The molecule has 1 aromatic carbocycles. The van der Waals surface area contributed by atoms with E-state index in [1.807, 2.05) is 33.8 Å². The highest BCUT2D eigenvalue weighted by Gasteiger charge is 2.04. The number of amidine groups is 1. The molecule has 0 fully saturated rings. The van der Waals surface area contributed by atoms with Crippen LogP contribution in [0.2, 0.25) is 5.02 Å². The molecule has 0 aliphatic rings. The molecule has 0 aliphatic carbocycles. The summed E-state index contributed by atoms with van der Waals surface area (Å²) >= 11 is 5.78. The molecule has 0 saturated heterocycles. The lowest BCUT2D eigenvalue weighted by molar-refractivity contribution is 0.628. The smallest absolute Gasteiger partial charge is 0.141 e. The van der Waals surface area contributed by atoms with Crippen LogP contribution in [-0.4, -0.2) is 5.84 Å². The average molecular weight is 333 g/mol. The topological polar surface area (TPSA) is 24.4 Å². The molecule has 0 aliphatic heterocycles. The molecule has 122 valence electrons. The molecule has 0 bridgehead atoms. The predicted molar refractivity (Wildman–Crippen MR) is 99.6 cm³/mol. The maximum Gasteiger partial charge on any atom is 0.141 e. The Bertz CT molecular complexity index is 708. The summed E-state index contributed by atoms with van der Waals surface area (Å²) in [5.74, 6) is 0.220. The number of hydrogen-bond acceptors (Lipinski definition) is 1. The summed E-state index contributed by atoms with van der Waals surface area (Å²) in [5.41, 5.74) is 4.38. The summed E-state index contributed by atoms with van der Waals surface area (Å²) in [6.07, 6.45) is 3.72. The van der Waals surface area contributed by atoms with E-state index >= 15 is 0 Å². The van der Waals surface area contributed by atoms with Gasteiger partial charge in [0.2, 0.25) is 0 Å². The van der Waals surface area contributed by atoms with Crippen LogP contribution in [0.5, 0.6) is 0 Å². The van der Waals surface area contributed by atoms with Crippen molar-refractivity contribution in [1.29, 1.82) is 0 Å². The molecule has 4 heteroatoms. The normalized spacial score (nSPS) is 12.3. The third-order valence-corrected chi connectivity index (χ3v) is 3.29. The zero-order valence-corrected chi connectivity index (χ0v) is 14.8. The van der Waals surface area contributed by atoms with Gasteiger partial charge in [0, 0.05) is 17.0 Å². The number of nitrogens with one attached hydrogen (secondary N) is 1. The minimum absolute atomic E-state index is 0.0697. The van der Waals surface area contributed by atoms with E-state index in [0.29, 0.717) is 11.5 Å². The Kier molecular flexibility index (Phi) is 6.98. The molecule has 2 nitrogen and oxygen atoms in total. The fraction of sp³-hybridized carbons (Fsp3) is 0.211. The number of rotatable bonds is 5. The van der Waals surface area contributed by atoms with Crippen LogP contribution in [-0.2, 0) is 0 Å². The van der Waals surface area contributed by atoms with E-state index in [4.69, 9.17) is 11.6 Å². The summed E-state index contributed by atoms with van der Waals surface area (Å²) in [6, 6.07) is 4.45. The third-order valence-electron chi connectivity index (χ3n) is 3.00. The fourth-order valence-corrected chi connectivity index (χ4v) is 2.13. The van der Waals surface area contributed by atoms with Crippen molar-refractivity contribution in [3.05, 3.63) is 76.8 Å². The van der Waals surface area contributed by atoms with E-state index < -0.39 is 5.82 Å². The molecule has 0 radical (unpaired) electrons. The monoisotopic (exact) mass is 332 g/mol. The van der Waals surface area contributed by atoms with Crippen molar-refractivity contribution in [1.82, 2.24) is 0 Å². The van der Waals surface area contributed by atoms with Gasteiger partial charge in [-0.3, -0.25) is 0 Å². The number of allylic oxidation sites excluding steroid dienone is 6. The molecule has 0 heterocycles. The van der Waals surface area contributed by atoms with Crippen LogP contribution in [0.15, 0.2) is 70.9 Å². The van der Waals surface area contributed by atoms with Gasteiger partial charge in [-0.05, 0) is 51.5 Å². The average Bonchev–Trinajstić information content (AvgIpc) is 2.47. The Hall–Kier alpha value is -2.13. The molecule has 0 aromatic heterocycles. The quantitative estimate of drug-likeness (QED) is 0.382. The Morgan fingerprint density at radius 1 is 1.26 bits per heavy atom. The summed E-state index contributed by atoms with van der Waals surface area (Å²) in [7, 11) is 0. The lowest BCUT2D eigenvalue weighted by Crippen LogP contribution is -2.07. The van der Waals surface area contributed by atoms with E-state index in [2.05, 4.69) is 23.5 Å². The van der Waals surface area contributed by atoms with Gasteiger partial charge in [0.15, 0.2) is 0 Å². The molecule has 0 atom stereocenters. The van der Waals surface area contributed by atoms with Crippen LogP contribution in [0, 0.1) is 5.82 Å². The lowest BCUT2D eigenvalue weighted by atomic mass is 10.0. The van der Waals surface area contributed by atoms with Gasteiger partial charge in [0.1, 0.15) is 11.7 Å². The standard InChI is InChI=1S/C19H22ClFN2/c1-7-13(4)17(10-12(2)3)14(5)22-15(6)23-16-8-9-19(21)18(20)11-16/h7-11H,1,4H2,2-3,5-6H3,(H,22,23)/b17-14+. The molecule has 0 unspecified atom stereocenters. The number of nitrogens with zero attached hydrogens (tertiary/aromatic N) is 1. The molecule has 0 spiro atoms. The van der Waals surface area contributed by atoms with Gasteiger partial charge in [-0.25, -0.2) is 9.38 Å². The Labute approximate surface area is 142 Å². The molecule has 1 aromatic rings. The molecule has 0 saturated carbocycles. The van der Waals surface area contributed by atoms with Crippen LogP contribution in [0.1, 0.15) is 27.7 Å². The van der Waals surface area contributed by atoms with Crippen molar-refractivity contribution >= 4 is 23.1 Å². The van der Waals surface area contributed by atoms with E-state index in [1.165, 1.54) is 12.1 Å². The number of anilines is 1. The van der Waals surface area contributed by atoms with Crippen molar-refractivity contribution in [3.63, 3.8) is 0 Å². The number of halogens is 2. The fourth-order valence-electron chi connectivity index (χ4n) is 1.95. The van der Waals surface area contributed by atoms with Gasteiger partial charge >= 0.3 is 0 Å². The van der Waals surface area contributed by atoms with Crippen molar-refractivity contribution in [2.24, 2.45) is 4.99 Å². The molecule has 23 heavy (non-hydrogen) atoms. The first-order chi connectivity index (χ1) is 10.7. The molecule has 0 amide bonds. The maximum atomic E-state index is 13.2. The first-order valence-electron chi connectivity index (χ1n) is 7.19. The predicted octanol–water partition coefficient (Wildman–Crippen LogP) is 6.29. The minimum Gasteiger partial charge on any atom is -0.344 e. The highest BCUT2D eigenvalue weighted by Crippen LogP contribution is 2.21. The van der Waals surface area contributed by atoms with Gasteiger partial charge in [-0.15, -0.1) is 0 Å². The number of aliphatic imine (C=N–C) groups is 1. The van der Waals surface area contributed by atoms with Crippen LogP contribution < -0.4 is 5.32 Å². The van der Waals surface area contributed by atoms with Crippen LogP contribution in [0.25, 0.3) is 0 Å². The first kappa shape index (κ1) is 18.9. The van der Waals surface area contributed by atoms with Gasteiger partial charge < -0.3 is 5.32 Å². The van der Waals surface area contributed by atoms with Crippen molar-refractivity contribution in [2.75, 3.05) is 5.32 Å². The number of benzene rings is 1. The highest BCUT2D eigenvalue weighted by molar-refractivity contribution is 6.31. The minimum atomic E-state index is -0.448. The second-order valence-electron chi connectivity index (χ2n) is 5.40. The summed E-state index contributed by atoms with van der Waals surface area (Å²) in [4.78, 5) is 4.54. The van der Waals surface area contributed by atoms with E-state index in [9.17, 15) is 4.39 Å². The maximum absolute atomic E-state index is 13.2. The van der Waals surface area contributed by atoms with Gasteiger partial charge in [-0.1, -0.05) is 42.5 Å². The van der Waals surface area contributed by atoms with Gasteiger partial charge in [-0.2, -0.15) is 0 Å². The highest BCUT2D eigenvalue weighted by atomic mass is 35.5. The first-order valence-corrected chi connectivity index (χ1v) is 7.57. The zero-order chi connectivity index (χ0) is 17.6. The number of hydrogen-bond donors (Lipinski definition) is 1. The van der Waals surface area contributed by atoms with Gasteiger partial charge in [0.05, 0.1) is 5.02 Å². The van der Waals surface area contributed by atoms with Crippen molar-refractivity contribution in [3.8, 4) is 0 Å². The van der Waals surface area contributed by atoms with Crippen molar-refractivity contribution < 1.29 is 4.39 Å². The van der Waals surface area contributed by atoms with E-state index in [-0.39, 0.29) is 5.02 Å². The second kappa shape index (κ2) is 8.49. The molecule has 1 N–H and O–H groups in total. The summed E-state index contributed by atoms with van der Waals surface area (Å²) in [5, 5.41) is 3.16. The van der Waals surface area contributed by atoms with Crippen molar-refractivity contribution in [2.45, 2.75) is 27.7 Å². The zero-order valence-electron chi connectivity index (χ0n) is 14.0. The van der Waals surface area contributed by atoms with Crippen LogP contribution in [0.3, 0.4) is 0 Å². The molecular weight excluding hydrogens is 311 g/mol. The Morgan fingerprint density at radius 3 is 2.43 bits per heavy atom. The van der Waals surface area contributed by atoms with E-state index in [1.54, 1.807) is 12.1 Å².